The molecule has 0 bridgehead atoms. The molecular weight excluding hydrogens is 442 g/mol. The van der Waals surface area contributed by atoms with Crippen LogP contribution in [0.4, 0.5) is 9.59 Å². The molecule has 0 spiro atoms. The number of fused-ring (bicyclic) bond motifs is 1. The summed E-state index contributed by atoms with van der Waals surface area (Å²) < 4.78 is 32.1. The summed E-state index contributed by atoms with van der Waals surface area (Å²) in [5.74, 6) is 1.66. The molecule has 32 heavy (non-hydrogen) atoms. The smallest absolute Gasteiger partial charge is 0.420 e. The van der Waals surface area contributed by atoms with Crippen LogP contribution in [0, 0.1) is 17.8 Å². The zero-order valence-corrected chi connectivity index (χ0v) is 19.1. The minimum absolute atomic E-state index is 0.000920. The fourth-order valence-corrected chi connectivity index (χ4v) is 4.43. The first-order chi connectivity index (χ1) is 15.6. The van der Waals surface area contributed by atoms with E-state index in [0.717, 1.165) is 25.7 Å². The first-order valence-electron chi connectivity index (χ1n) is 11.0. The number of hydrogen-bond acceptors (Lipinski definition) is 8. The fourth-order valence-electron chi connectivity index (χ4n) is 3.88. The summed E-state index contributed by atoms with van der Waals surface area (Å²) in [6, 6.07) is 0. The number of amides is 2. The maximum atomic E-state index is 11.8. The van der Waals surface area contributed by atoms with Crippen molar-refractivity contribution in [3.05, 3.63) is 12.2 Å². The van der Waals surface area contributed by atoms with Crippen molar-refractivity contribution in [1.82, 2.24) is 14.3 Å². The first kappa shape index (κ1) is 26.5. The molecule has 4 N–H and O–H groups in total. The third-order valence-corrected chi connectivity index (χ3v) is 6.34. The van der Waals surface area contributed by atoms with E-state index in [-0.39, 0.29) is 52.7 Å². The minimum Gasteiger partial charge on any atom is -0.449 e. The minimum atomic E-state index is -1.79. The summed E-state index contributed by atoms with van der Waals surface area (Å²) in [5.41, 5.74) is 0. The van der Waals surface area contributed by atoms with Crippen molar-refractivity contribution in [3.8, 4) is 0 Å². The Morgan fingerprint density at radius 1 is 1.00 bits per heavy atom. The average molecular weight is 478 g/mol. The zero-order valence-electron chi connectivity index (χ0n) is 18.3. The molecule has 0 aromatic heterocycles. The first-order valence-corrected chi connectivity index (χ1v) is 12.2. The van der Waals surface area contributed by atoms with Crippen molar-refractivity contribution in [3.63, 3.8) is 0 Å². The third kappa shape index (κ3) is 9.82. The number of aliphatic hydroxyl groups excluding tert-OH is 2. The lowest BCUT2D eigenvalue weighted by molar-refractivity contribution is 0.0503. The van der Waals surface area contributed by atoms with Crippen molar-refractivity contribution < 1.29 is 38.2 Å². The number of carbonyl (C=O) groups excluding carboxylic acids is 2. The van der Waals surface area contributed by atoms with E-state index in [1.165, 1.54) is 4.90 Å². The van der Waals surface area contributed by atoms with Crippen LogP contribution in [0.15, 0.2) is 12.2 Å². The van der Waals surface area contributed by atoms with Crippen LogP contribution in [0.1, 0.15) is 25.7 Å². The van der Waals surface area contributed by atoms with Gasteiger partial charge in [-0.15, -0.1) is 0 Å². The Morgan fingerprint density at radius 2 is 1.66 bits per heavy atom. The topological polar surface area (TPSA) is 147 Å². The second-order valence-corrected chi connectivity index (χ2v) is 8.67. The van der Waals surface area contributed by atoms with Gasteiger partial charge < -0.3 is 29.3 Å². The van der Waals surface area contributed by atoms with Crippen molar-refractivity contribution in [2.45, 2.75) is 25.7 Å². The molecule has 11 nitrogen and oxygen atoms in total. The lowest BCUT2D eigenvalue weighted by Crippen LogP contribution is -2.37. The van der Waals surface area contributed by atoms with Crippen molar-refractivity contribution in [1.29, 1.82) is 0 Å². The highest BCUT2D eigenvalue weighted by molar-refractivity contribution is 7.81. The molecule has 0 aromatic carbocycles. The average Bonchev–Trinajstić information content (AvgIpc) is 3.40. The van der Waals surface area contributed by atoms with E-state index in [2.05, 4.69) is 21.6 Å². The Kier molecular flexibility index (Phi) is 12.6. The van der Waals surface area contributed by atoms with Crippen LogP contribution in [-0.2, 0) is 25.4 Å². The lowest BCUT2D eigenvalue weighted by Gasteiger charge is -2.19. The van der Waals surface area contributed by atoms with Gasteiger partial charge in [-0.25, -0.2) is 23.2 Å². The molecule has 0 aromatic rings. The number of ether oxygens (including phenoxy) is 3. The normalized spacial score (nSPS) is 23.8. The second-order valence-electron chi connectivity index (χ2n) is 7.64. The highest BCUT2D eigenvalue weighted by atomic mass is 32.2. The van der Waals surface area contributed by atoms with Gasteiger partial charge in [0.2, 0.25) is 0 Å². The second kappa shape index (κ2) is 15.2. The van der Waals surface area contributed by atoms with Gasteiger partial charge in [0, 0.05) is 19.6 Å². The molecule has 12 heteroatoms. The van der Waals surface area contributed by atoms with E-state index >= 15 is 0 Å². The third-order valence-electron chi connectivity index (χ3n) is 5.52. The zero-order chi connectivity index (χ0) is 23.2. The summed E-state index contributed by atoms with van der Waals surface area (Å²) in [6.07, 6.45) is 7.50. The molecule has 1 fully saturated rings. The van der Waals surface area contributed by atoms with Crippen LogP contribution in [-0.4, -0.2) is 90.8 Å². The predicted molar refractivity (Wildman–Crippen MR) is 117 cm³/mol. The van der Waals surface area contributed by atoms with Gasteiger partial charge in [-0.2, -0.15) is 0 Å². The lowest BCUT2D eigenvalue weighted by atomic mass is 10.1. The standard InChI is InChI=1S/C20H35N3O8S/c24-10-8-23(9-11-25)20(27)30-14-13-29-12-7-21-32(28)22-19(26)31-15-18-16-5-3-1-2-4-6-17(16)18/h1-2,16-18,21,24-25H,3-15H2,(H,22,26)/b2-1-/t16-,17+,18?,32?. The molecule has 0 saturated heterocycles. The SMILES string of the molecule is O=C(NS(=O)NCCOCCOC(=O)N(CCO)CCO)OCC1[C@H]2CC/C=C\CC[C@@H]12. The number of carbonyl (C=O) groups is 2. The number of nitrogens with one attached hydrogen (secondary N) is 2. The van der Waals surface area contributed by atoms with Gasteiger partial charge in [-0.3, -0.25) is 0 Å². The molecule has 2 aliphatic rings. The van der Waals surface area contributed by atoms with E-state index < -0.39 is 23.4 Å². The Labute approximate surface area is 191 Å². The van der Waals surface area contributed by atoms with Gasteiger partial charge in [0.05, 0.1) is 33.0 Å². The Hall–Kier alpha value is -1.73. The molecule has 0 aliphatic heterocycles. The molecule has 4 atom stereocenters. The predicted octanol–water partition coefficient (Wildman–Crippen LogP) is 0.313. The Morgan fingerprint density at radius 3 is 2.28 bits per heavy atom. The van der Waals surface area contributed by atoms with E-state index in [0.29, 0.717) is 24.4 Å². The van der Waals surface area contributed by atoms with Gasteiger partial charge in [0.15, 0.2) is 11.2 Å². The van der Waals surface area contributed by atoms with E-state index in [9.17, 15) is 13.8 Å². The van der Waals surface area contributed by atoms with E-state index in [1.807, 2.05) is 0 Å². The van der Waals surface area contributed by atoms with Crippen molar-refractivity contribution >= 4 is 23.4 Å². The van der Waals surface area contributed by atoms with Gasteiger partial charge in [0.25, 0.3) is 0 Å². The monoisotopic (exact) mass is 477 g/mol. The summed E-state index contributed by atoms with van der Waals surface area (Å²) in [4.78, 5) is 24.7. The molecule has 1 saturated carbocycles. The van der Waals surface area contributed by atoms with Crippen molar-refractivity contribution in [2.24, 2.45) is 17.8 Å². The Balaban J connectivity index is 1.45. The van der Waals surface area contributed by atoms with E-state index in [4.69, 9.17) is 24.4 Å². The number of nitrogens with zero attached hydrogens (tertiary/aromatic N) is 1. The summed E-state index contributed by atoms with van der Waals surface area (Å²) >= 11 is -1.79. The molecular formula is C20H35N3O8S. The van der Waals surface area contributed by atoms with Gasteiger partial charge in [-0.1, -0.05) is 12.2 Å². The number of rotatable bonds is 14. The van der Waals surface area contributed by atoms with Crippen molar-refractivity contribution in [2.75, 3.05) is 59.3 Å². The number of allylic oxidation sites excluding steroid dienone is 2. The molecule has 2 amide bonds. The van der Waals surface area contributed by atoms with Crippen LogP contribution >= 0.6 is 0 Å². The molecule has 2 unspecified atom stereocenters. The highest BCUT2D eigenvalue weighted by Gasteiger charge is 2.49. The number of aliphatic hydroxyl groups is 2. The largest absolute Gasteiger partial charge is 0.449 e. The van der Waals surface area contributed by atoms with Gasteiger partial charge >= 0.3 is 12.2 Å². The van der Waals surface area contributed by atoms with Crippen LogP contribution in [0.5, 0.6) is 0 Å². The molecule has 2 aliphatic carbocycles. The van der Waals surface area contributed by atoms with Crippen LogP contribution in [0.3, 0.4) is 0 Å². The maximum absolute atomic E-state index is 11.8. The van der Waals surface area contributed by atoms with Crippen LogP contribution in [0.2, 0.25) is 0 Å². The van der Waals surface area contributed by atoms with Gasteiger partial charge in [0.1, 0.15) is 6.61 Å². The summed E-state index contributed by atoms with van der Waals surface area (Å²) in [6.45, 7) is 0.576. The fraction of sp³-hybridized carbons (Fsp3) is 0.800. The molecule has 0 heterocycles. The number of hydrogen-bond donors (Lipinski definition) is 4. The quantitative estimate of drug-likeness (QED) is 0.207. The molecule has 2 rings (SSSR count). The van der Waals surface area contributed by atoms with Crippen LogP contribution in [0.25, 0.3) is 0 Å². The molecule has 184 valence electrons. The maximum Gasteiger partial charge on any atom is 0.420 e. The van der Waals surface area contributed by atoms with Crippen LogP contribution < -0.4 is 9.44 Å². The van der Waals surface area contributed by atoms with E-state index in [1.54, 1.807) is 0 Å². The Bertz CT molecular complexity index is 614. The summed E-state index contributed by atoms with van der Waals surface area (Å²) in [5, 5.41) is 17.8. The molecule has 0 radical (unpaired) electrons. The van der Waals surface area contributed by atoms with Gasteiger partial charge in [-0.05, 0) is 43.4 Å². The highest BCUT2D eigenvalue weighted by Crippen LogP contribution is 2.52. The summed E-state index contributed by atoms with van der Waals surface area (Å²) in [7, 11) is 0.